The first kappa shape index (κ1) is 7.10. The zero-order valence-corrected chi connectivity index (χ0v) is 7.04. The lowest BCUT2D eigenvalue weighted by Crippen LogP contribution is -1.74. The maximum atomic E-state index is 5.72. The molecule has 0 spiro atoms. The molecule has 0 atom stereocenters. The number of halogens is 2. The Bertz CT molecular complexity index is 200. The smallest absolute Gasteiger partial charge is 0.0449 e. The highest BCUT2D eigenvalue weighted by Gasteiger charge is 1.95. The average Bonchev–Trinajstić information content (AvgIpc) is 1.83. The SMILES string of the molecule is [CH2]c1c(Cl)cccc1Br. The van der Waals surface area contributed by atoms with Crippen molar-refractivity contribution in [1.29, 1.82) is 0 Å². The molecule has 47 valence electrons. The van der Waals surface area contributed by atoms with E-state index >= 15 is 0 Å². The van der Waals surface area contributed by atoms with Crippen molar-refractivity contribution in [3.63, 3.8) is 0 Å². The highest BCUT2D eigenvalue weighted by molar-refractivity contribution is 9.10. The molecule has 0 fully saturated rings. The van der Waals surface area contributed by atoms with Crippen LogP contribution >= 0.6 is 27.5 Å². The number of rotatable bonds is 0. The van der Waals surface area contributed by atoms with Crippen molar-refractivity contribution >= 4 is 27.5 Å². The van der Waals surface area contributed by atoms with Crippen molar-refractivity contribution in [2.45, 2.75) is 0 Å². The Morgan fingerprint density at radius 3 is 2.56 bits per heavy atom. The van der Waals surface area contributed by atoms with E-state index in [1.54, 1.807) is 0 Å². The van der Waals surface area contributed by atoms with Crippen molar-refractivity contribution in [3.05, 3.63) is 40.2 Å². The molecule has 0 aliphatic carbocycles. The molecule has 0 bridgehead atoms. The summed E-state index contributed by atoms with van der Waals surface area (Å²) in [5.74, 6) is 0. The molecule has 2 heteroatoms. The minimum atomic E-state index is 0.698. The Balaban J connectivity index is 3.25. The van der Waals surface area contributed by atoms with Gasteiger partial charge in [-0.25, -0.2) is 0 Å². The van der Waals surface area contributed by atoms with Gasteiger partial charge in [0.15, 0.2) is 0 Å². The second-order valence-electron chi connectivity index (χ2n) is 1.70. The van der Waals surface area contributed by atoms with Gasteiger partial charge in [-0.05, 0) is 24.6 Å². The van der Waals surface area contributed by atoms with Gasteiger partial charge >= 0.3 is 0 Å². The van der Waals surface area contributed by atoms with Gasteiger partial charge in [0, 0.05) is 9.50 Å². The summed E-state index contributed by atoms with van der Waals surface area (Å²) in [5, 5.41) is 0.698. The molecule has 9 heavy (non-hydrogen) atoms. The van der Waals surface area contributed by atoms with Gasteiger partial charge in [-0.15, -0.1) is 0 Å². The number of hydrogen-bond acceptors (Lipinski definition) is 0. The molecule has 0 unspecified atom stereocenters. The molecule has 0 nitrogen and oxygen atoms in total. The van der Waals surface area contributed by atoms with Gasteiger partial charge in [0.1, 0.15) is 0 Å². The molecule has 0 saturated carbocycles. The Morgan fingerprint density at radius 2 is 2.11 bits per heavy atom. The zero-order valence-electron chi connectivity index (χ0n) is 4.70. The molecule has 0 aliphatic rings. The van der Waals surface area contributed by atoms with Crippen molar-refractivity contribution in [2.24, 2.45) is 0 Å². The standard InChI is InChI=1S/C7H5BrCl/c1-5-6(8)3-2-4-7(5)9/h2-4H,1H2. The van der Waals surface area contributed by atoms with E-state index in [-0.39, 0.29) is 0 Å². The third-order valence-electron chi connectivity index (χ3n) is 1.06. The lowest BCUT2D eigenvalue weighted by atomic mass is 10.2. The third kappa shape index (κ3) is 1.46. The zero-order chi connectivity index (χ0) is 6.85. The molecule has 0 saturated heterocycles. The minimum Gasteiger partial charge on any atom is -0.0840 e. The first-order chi connectivity index (χ1) is 4.22. The van der Waals surface area contributed by atoms with Crippen LogP contribution < -0.4 is 0 Å². The molecular formula is C7H5BrCl. The first-order valence-electron chi connectivity index (χ1n) is 2.48. The molecule has 0 amide bonds. The number of benzene rings is 1. The van der Waals surface area contributed by atoms with Crippen LogP contribution in [-0.4, -0.2) is 0 Å². The normalized spacial score (nSPS) is 9.67. The van der Waals surface area contributed by atoms with Crippen LogP contribution in [0.3, 0.4) is 0 Å². The van der Waals surface area contributed by atoms with Gasteiger partial charge in [-0.2, -0.15) is 0 Å². The summed E-state index contributed by atoms with van der Waals surface area (Å²) in [7, 11) is 0. The van der Waals surface area contributed by atoms with Crippen LogP contribution in [0.2, 0.25) is 5.02 Å². The van der Waals surface area contributed by atoms with Gasteiger partial charge < -0.3 is 0 Å². The lowest BCUT2D eigenvalue weighted by Gasteiger charge is -1.97. The second kappa shape index (κ2) is 2.72. The van der Waals surface area contributed by atoms with E-state index in [0.717, 1.165) is 10.0 Å². The first-order valence-corrected chi connectivity index (χ1v) is 3.65. The minimum absolute atomic E-state index is 0.698. The van der Waals surface area contributed by atoms with Crippen LogP contribution in [0.4, 0.5) is 0 Å². The predicted octanol–water partition coefficient (Wildman–Crippen LogP) is 3.28. The molecule has 0 heterocycles. The van der Waals surface area contributed by atoms with E-state index in [1.165, 1.54) is 0 Å². The summed E-state index contributed by atoms with van der Waals surface area (Å²) in [5.41, 5.74) is 0.846. The molecule has 0 aliphatic heterocycles. The van der Waals surface area contributed by atoms with Gasteiger partial charge in [-0.3, -0.25) is 0 Å². The summed E-state index contributed by atoms with van der Waals surface area (Å²) in [6.45, 7) is 3.74. The Labute approximate surface area is 68.0 Å². The summed E-state index contributed by atoms with van der Waals surface area (Å²) >= 11 is 9.02. The Hall–Kier alpha value is -0.0100. The summed E-state index contributed by atoms with van der Waals surface area (Å²) in [6.07, 6.45) is 0. The summed E-state index contributed by atoms with van der Waals surface area (Å²) in [4.78, 5) is 0. The molecule has 1 rings (SSSR count). The Kier molecular flexibility index (Phi) is 2.14. The van der Waals surface area contributed by atoms with Crippen molar-refractivity contribution < 1.29 is 0 Å². The van der Waals surface area contributed by atoms with E-state index in [0.29, 0.717) is 5.02 Å². The van der Waals surface area contributed by atoms with E-state index in [2.05, 4.69) is 22.9 Å². The molecular weight excluding hydrogens is 199 g/mol. The largest absolute Gasteiger partial charge is 0.0840 e. The van der Waals surface area contributed by atoms with Crippen molar-refractivity contribution in [2.75, 3.05) is 0 Å². The highest BCUT2D eigenvalue weighted by Crippen LogP contribution is 2.22. The second-order valence-corrected chi connectivity index (χ2v) is 2.96. The van der Waals surface area contributed by atoms with Gasteiger partial charge in [0.2, 0.25) is 0 Å². The van der Waals surface area contributed by atoms with E-state index in [9.17, 15) is 0 Å². The topological polar surface area (TPSA) is 0 Å². The van der Waals surface area contributed by atoms with Crippen LogP contribution in [0.1, 0.15) is 5.56 Å². The lowest BCUT2D eigenvalue weighted by molar-refractivity contribution is 1.56. The van der Waals surface area contributed by atoms with Crippen LogP contribution in [-0.2, 0) is 0 Å². The predicted molar refractivity (Wildman–Crippen MR) is 43.6 cm³/mol. The van der Waals surface area contributed by atoms with Crippen LogP contribution in [0.25, 0.3) is 0 Å². The molecule has 0 N–H and O–H groups in total. The monoisotopic (exact) mass is 203 g/mol. The summed E-state index contributed by atoms with van der Waals surface area (Å²) < 4.78 is 0.954. The van der Waals surface area contributed by atoms with E-state index in [4.69, 9.17) is 11.6 Å². The highest BCUT2D eigenvalue weighted by atomic mass is 79.9. The van der Waals surface area contributed by atoms with Crippen LogP contribution in [0.15, 0.2) is 22.7 Å². The maximum Gasteiger partial charge on any atom is 0.0449 e. The van der Waals surface area contributed by atoms with Gasteiger partial charge in [-0.1, -0.05) is 33.6 Å². The average molecular weight is 204 g/mol. The molecule has 0 aromatic heterocycles. The summed E-state index contributed by atoms with van der Waals surface area (Å²) in [6, 6.07) is 5.60. The van der Waals surface area contributed by atoms with E-state index < -0.39 is 0 Å². The quantitative estimate of drug-likeness (QED) is 0.608. The van der Waals surface area contributed by atoms with Crippen LogP contribution in [0.5, 0.6) is 0 Å². The fraction of sp³-hybridized carbons (Fsp3) is 0. The van der Waals surface area contributed by atoms with E-state index in [1.807, 2.05) is 18.2 Å². The van der Waals surface area contributed by atoms with Gasteiger partial charge in [0.05, 0.1) is 0 Å². The number of hydrogen-bond donors (Lipinski definition) is 0. The molecule has 1 aromatic carbocycles. The van der Waals surface area contributed by atoms with Crippen molar-refractivity contribution in [1.82, 2.24) is 0 Å². The van der Waals surface area contributed by atoms with Crippen molar-refractivity contribution in [3.8, 4) is 0 Å². The fourth-order valence-corrected chi connectivity index (χ4v) is 1.19. The van der Waals surface area contributed by atoms with Gasteiger partial charge in [0.25, 0.3) is 0 Å². The molecule has 1 radical (unpaired) electrons. The maximum absolute atomic E-state index is 5.72. The molecule has 1 aromatic rings. The van der Waals surface area contributed by atoms with Crippen LogP contribution in [0, 0.1) is 6.92 Å². The Morgan fingerprint density at radius 1 is 1.44 bits per heavy atom. The third-order valence-corrected chi connectivity index (χ3v) is 2.16. The fourth-order valence-electron chi connectivity index (χ4n) is 0.532.